The number of alkyl halides is 1. The molecular formula is C17H20FNO5. The summed E-state index contributed by atoms with van der Waals surface area (Å²) in [6, 6.07) is 5.49. The Morgan fingerprint density at radius 1 is 1.42 bits per heavy atom. The zero-order valence-electron chi connectivity index (χ0n) is 13.7. The number of hydrogen-bond acceptors (Lipinski definition) is 4. The quantitative estimate of drug-likeness (QED) is 0.907. The number of likely N-dealkylation sites (tertiary alicyclic amines) is 1. The molecule has 0 saturated carbocycles. The Kier molecular flexibility index (Phi) is 3.89. The maximum Gasteiger partial charge on any atom is 0.343 e. The van der Waals surface area contributed by atoms with E-state index in [1.54, 1.807) is 6.07 Å². The minimum absolute atomic E-state index is 0.0709. The lowest BCUT2D eigenvalue weighted by molar-refractivity contribution is -0.150. The first-order valence-electron chi connectivity index (χ1n) is 7.84. The zero-order chi connectivity index (χ0) is 17.5. The van der Waals surface area contributed by atoms with E-state index in [2.05, 4.69) is 0 Å². The summed E-state index contributed by atoms with van der Waals surface area (Å²) >= 11 is 0. The van der Waals surface area contributed by atoms with Crippen LogP contribution in [0.3, 0.4) is 0 Å². The highest BCUT2D eigenvalue weighted by molar-refractivity contribution is 5.83. The largest absolute Gasteiger partial charge is 0.483 e. The summed E-state index contributed by atoms with van der Waals surface area (Å²) in [6.07, 6.45) is 0.550. The van der Waals surface area contributed by atoms with Gasteiger partial charge in [-0.1, -0.05) is 12.1 Å². The van der Waals surface area contributed by atoms with Crippen molar-refractivity contribution in [3.8, 4) is 11.5 Å². The molecule has 2 heterocycles. The second kappa shape index (κ2) is 5.65. The van der Waals surface area contributed by atoms with Gasteiger partial charge in [0.1, 0.15) is 5.60 Å². The number of para-hydroxylation sites is 1. The van der Waals surface area contributed by atoms with Gasteiger partial charge in [-0.2, -0.15) is 0 Å². The molecule has 0 aromatic heterocycles. The summed E-state index contributed by atoms with van der Waals surface area (Å²) in [5, 5.41) is 8.87. The van der Waals surface area contributed by atoms with E-state index >= 15 is 0 Å². The van der Waals surface area contributed by atoms with Crippen LogP contribution in [0.25, 0.3) is 0 Å². The molecule has 1 amide bonds. The summed E-state index contributed by atoms with van der Waals surface area (Å²) < 4.78 is 25.4. The summed E-state index contributed by atoms with van der Waals surface area (Å²) in [5.41, 5.74) is -1.67. The molecule has 1 unspecified atom stereocenters. The van der Waals surface area contributed by atoms with Gasteiger partial charge in [0.05, 0.1) is 6.54 Å². The summed E-state index contributed by atoms with van der Waals surface area (Å²) in [5.74, 6) is -0.877. The molecule has 24 heavy (non-hydrogen) atoms. The highest BCUT2D eigenvalue weighted by atomic mass is 19.1. The molecule has 7 heteroatoms. The number of halogens is 1. The molecule has 2 aliphatic rings. The minimum atomic E-state index is -2.36. The van der Waals surface area contributed by atoms with Crippen molar-refractivity contribution in [1.29, 1.82) is 0 Å². The maximum absolute atomic E-state index is 14.0. The van der Waals surface area contributed by atoms with E-state index in [9.17, 15) is 14.0 Å². The average molecular weight is 337 g/mol. The van der Waals surface area contributed by atoms with Crippen LogP contribution in [0, 0.1) is 0 Å². The summed E-state index contributed by atoms with van der Waals surface area (Å²) in [4.78, 5) is 24.2. The van der Waals surface area contributed by atoms with Gasteiger partial charge in [-0.15, -0.1) is 0 Å². The lowest BCUT2D eigenvalue weighted by Gasteiger charge is -2.20. The molecule has 0 aliphatic carbocycles. The fraction of sp³-hybridized carbons (Fsp3) is 0.529. The Hall–Kier alpha value is -2.31. The zero-order valence-corrected chi connectivity index (χ0v) is 13.7. The van der Waals surface area contributed by atoms with Gasteiger partial charge in [0.15, 0.2) is 18.1 Å². The molecule has 1 N–H and O–H groups in total. The van der Waals surface area contributed by atoms with Gasteiger partial charge in [0, 0.05) is 24.9 Å². The van der Waals surface area contributed by atoms with E-state index in [1.807, 2.05) is 26.0 Å². The monoisotopic (exact) mass is 337 g/mol. The lowest BCUT2D eigenvalue weighted by Crippen LogP contribution is -2.40. The Morgan fingerprint density at radius 3 is 2.83 bits per heavy atom. The molecule has 6 nitrogen and oxygen atoms in total. The second-order valence-electron chi connectivity index (χ2n) is 6.91. The van der Waals surface area contributed by atoms with E-state index < -0.39 is 24.1 Å². The predicted octanol–water partition coefficient (Wildman–Crippen LogP) is 1.80. The smallest absolute Gasteiger partial charge is 0.343 e. The van der Waals surface area contributed by atoms with Crippen LogP contribution in [0.2, 0.25) is 0 Å². The van der Waals surface area contributed by atoms with Crippen molar-refractivity contribution in [2.24, 2.45) is 0 Å². The number of carbonyl (C=O) groups is 2. The number of carboxylic acids is 1. The summed E-state index contributed by atoms with van der Waals surface area (Å²) in [6.45, 7) is 3.29. The second-order valence-corrected chi connectivity index (χ2v) is 6.91. The summed E-state index contributed by atoms with van der Waals surface area (Å²) in [7, 11) is 0. The van der Waals surface area contributed by atoms with Crippen molar-refractivity contribution in [2.75, 3.05) is 19.7 Å². The first kappa shape index (κ1) is 16.5. The SMILES string of the molecule is CC1(C)Cc2cccc(OCC(=O)N3CCC(F)(C(=O)O)C3)c2O1. The molecule has 1 saturated heterocycles. The normalized spacial score (nSPS) is 24.4. The van der Waals surface area contributed by atoms with Gasteiger partial charge in [0.2, 0.25) is 5.67 Å². The van der Waals surface area contributed by atoms with Gasteiger partial charge in [-0.05, 0) is 19.9 Å². The molecule has 1 aromatic carbocycles. The van der Waals surface area contributed by atoms with Crippen LogP contribution in [-0.4, -0.2) is 52.8 Å². The fourth-order valence-electron chi connectivity index (χ4n) is 3.09. The van der Waals surface area contributed by atoms with Crippen LogP contribution in [0.1, 0.15) is 25.8 Å². The van der Waals surface area contributed by atoms with E-state index in [0.29, 0.717) is 11.5 Å². The fourth-order valence-corrected chi connectivity index (χ4v) is 3.09. The van der Waals surface area contributed by atoms with Gasteiger partial charge < -0.3 is 19.5 Å². The molecule has 130 valence electrons. The molecule has 0 bridgehead atoms. The van der Waals surface area contributed by atoms with Crippen LogP contribution < -0.4 is 9.47 Å². The van der Waals surface area contributed by atoms with Gasteiger partial charge in [-0.3, -0.25) is 4.79 Å². The van der Waals surface area contributed by atoms with Crippen molar-refractivity contribution >= 4 is 11.9 Å². The molecule has 0 spiro atoms. The van der Waals surface area contributed by atoms with Gasteiger partial charge >= 0.3 is 5.97 Å². The van der Waals surface area contributed by atoms with E-state index in [0.717, 1.165) is 12.0 Å². The molecule has 2 aliphatic heterocycles. The predicted molar refractivity (Wildman–Crippen MR) is 83.0 cm³/mol. The third-order valence-electron chi connectivity index (χ3n) is 4.36. The van der Waals surface area contributed by atoms with Crippen molar-refractivity contribution < 1.29 is 28.6 Å². The number of aliphatic carboxylic acids is 1. The van der Waals surface area contributed by atoms with Gasteiger partial charge in [-0.25, -0.2) is 9.18 Å². The average Bonchev–Trinajstić information content (AvgIpc) is 3.04. The van der Waals surface area contributed by atoms with Crippen LogP contribution in [0.4, 0.5) is 4.39 Å². The van der Waals surface area contributed by atoms with Crippen molar-refractivity contribution in [3.63, 3.8) is 0 Å². The van der Waals surface area contributed by atoms with E-state index in [1.165, 1.54) is 4.90 Å². The lowest BCUT2D eigenvalue weighted by atomic mass is 10.0. The van der Waals surface area contributed by atoms with Crippen molar-refractivity contribution in [3.05, 3.63) is 23.8 Å². The third kappa shape index (κ3) is 3.02. The van der Waals surface area contributed by atoms with Crippen LogP contribution in [0.15, 0.2) is 18.2 Å². The third-order valence-corrected chi connectivity index (χ3v) is 4.36. The number of benzene rings is 1. The van der Waals surface area contributed by atoms with Crippen molar-refractivity contribution in [1.82, 2.24) is 4.90 Å². The van der Waals surface area contributed by atoms with Crippen LogP contribution in [0.5, 0.6) is 11.5 Å². The van der Waals surface area contributed by atoms with E-state index in [-0.39, 0.29) is 25.2 Å². The Morgan fingerprint density at radius 2 is 2.17 bits per heavy atom. The topological polar surface area (TPSA) is 76.1 Å². The number of ether oxygens (including phenoxy) is 2. The standard InChI is InChI=1S/C17H20FNO5/c1-16(2)8-11-4-3-5-12(14(11)24-16)23-9-13(20)19-7-6-17(18,10-19)15(21)22/h3-5H,6-10H2,1-2H3,(H,21,22). The number of fused-ring (bicyclic) bond motifs is 1. The number of carbonyl (C=O) groups excluding carboxylic acids is 1. The number of nitrogens with zero attached hydrogens (tertiary/aromatic N) is 1. The van der Waals surface area contributed by atoms with Crippen molar-refractivity contribution in [2.45, 2.75) is 38.0 Å². The molecule has 1 fully saturated rings. The molecule has 0 radical (unpaired) electrons. The Labute approximate surface area is 139 Å². The molecular weight excluding hydrogens is 317 g/mol. The van der Waals surface area contributed by atoms with Gasteiger partial charge in [0.25, 0.3) is 5.91 Å². The Balaban J connectivity index is 1.63. The number of hydrogen-bond donors (Lipinski definition) is 1. The van der Waals surface area contributed by atoms with Crippen LogP contribution >= 0.6 is 0 Å². The number of amides is 1. The molecule has 1 atom stereocenters. The molecule has 1 aromatic rings. The maximum atomic E-state index is 14.0. The highest BCUT2D eigenvalue weighted by Gasteiger charge is 2.46. The first-order chi connectivity index (χ1) is 11.2. The van der Waals surface area contributed by atoms with Crippen LogP contribution in [-0.2, 0) is 16.0 Å². The molecule has 3 rings (SSSR count). The number of rotatable bonds is 4. The van der Waals surface area contributed by atoms with E-state index in [4.69, 9.17) is 14.6 Å². The number of carboxylic acid groups (broad SMARTS) is 1. The Bertz CT molecular complexity index is 690. The minimum Gasteiger partial charge on any atom is -0.483 e. The first-order valence-corrected chi connectivity index (χ1v) is 7.84. The highest BCUT2D eigenvalue weighted by Crippen LogP contribution is 2.41.